The molecule has 6 rings (SSSR count). The average molecular weight is 438 g/mol. The van der Waals surface area contributed by atoms with E-state index in [1.165, 1.54) is 11.1 Å². The van der Waals surface area contributed by atoms with Crippen molar-refractivity contribution in [2.45, 2.75) is 31.8 Å². The summed E-state index contributed by atoms with van der Waals surface area (Å²) in [6.07, 6.45) is 4.53. The summed E-state index contributed by atoms with van der Waals surface area (Å²) in [6.45, 7) is 1.76. The standard InChI is InChI=1S/C28H27N3O2/c32-19-26-30-15-7-12-22-16-23(20-8-2-1-3-9-20)17-25(28(22)30)31(26)18-27(33)29-14-6-11-21-10-4-5-13-24(21)29/h1-5,8-10,13,16-17,19,26H,6-7,11-12,14-15,18H2. The molecule has 0 N–H and O–H groups in total. The Labute approximate surface area is 194 Å². The van der Waals surface area contributed by atoms with Gasteiger partial charge in [0.25, 0.3) is 0 Å². The van der Waals surface area contributed by atoms with Gasteiger partial charge in [0, 0.05) is 18.8 Å². The van der Waals surface area contributed by atoms with Crippen LogP contribution in [0.2, 0.25) is 0 Å². The molecular weight excluding hydrogens is 410 g/mol. The van der Waals surface area contributed by atoms with E-state index in [4.69, 9.17) is 0 Å². The molecule has 3 aromatic rings. The van der Waals surface area contributed by atoms with Crippen LogP contribution in [0.1, 0.15) is 24.0 Å². The van der Waals surface area contributed by atoms with Gasteiger partial charge in [0.1, 0.15) is 0 Å². The molecule has 1 unspecified atom stereocenters. The van der Waals surface area contributed by atoms with Gasteiger partial charge in [-0.2, -0.15) is 0 Å². The normalized spacial score (nSPS) is 18.7. The van der Waals surface area contributed by atoms with Crippen molar-refractivity contribution >= 4 is 29.3 Å². The van der Waals surface area contributed by atoms with Gasteiger partial charge in [0.05, 0.1) is 17.9 Å². The lowest BCUT2D eigenvalue weighted by molar-refractivity contribution is -0.117. The van der Waals surface area contributed by atoms with E-state index in [1.807, 2.05) is 46.2 Å². The second kappa shape index (κ2) is 8.07. The Morgan fingerprint density at radius 3 is 2.45 bits per heavy atom. The molecule has 0 radical (unpaired) electrons. The first-order chi connectivity index (χ1) is 16.2. The molecule has 1 atom stereocenters. The highest BCUT2D eigenvalue weighted by Gasteiger charge is 2.40. The number of hydrogen-bond acceptors (Lipinski definition) is 4. The van der Waals surface area contributed by atoms with Crippen LogP contribution in [-0.2, 0) is 22.4 Å². The third kappa shape index (κ3) is 3.30. The summed E-state index contributed by atoms with van der Waals surface area (Å²) in [6, 6.07) is 22.9. The van der Waals surface area contributed by atoms with Crippen molar-refractivity contribution < 1.29 is 9.59 Å². The fourth-order valence-corrected chi connectivity index (χ4v) is 5.69. The highest BCUT2D eigenvalue weighted by Crippen LogP contribution is 2.47. The SMILES string of the molecule is O=CC1N(CC(=O)N2CCCc3ccccc32)c2cc(-c3ccccc3)cc3c2N1CCC3. The van der Waals surface area contributed by atoms with E-state index >= 15 is 0 Å². The van der Waals surface area contributed by atoms with Crippen molar-refractivity contribution in [2.75, 3.05) is 34.3 Å². The lowest BCUT2D eigenvalue weighted by atomic mass is 9.95. The Hall–Kier alpha value is -3.60. The van der Waals surface area contributed by atoms with Crippen LogP contribution in [0, 0.1) is 0 Å². The summed E-state index contributed by atoms with van der Waals surface area (Å²) < 4.78 is 0. The van der Waals surface area contributed by atoms with Gasteiger partial charge in [0.15, 0.2) is 12.5 Å². The van der Waals surface area contributed by atoms with E-state index in [9.17, 15) is 9.59 Å². The number of aldehydes is 1. The Balaban J connectivity index is 1.39. The monoisotopic (exact) mass is 437 g/mol. The van der Waals surface area contributed by atoms with Gasteiger partial charge in [-0.15, -0.1) is 0 Å². The minimum absolute atomic E-state index is 0.0488. The van der Waals surface area contributed by atoms with Crippen LogP contribution in [0.15, 0.2) is 66.7 Å². The van der Waals surface area contributed by atoms with E-state index in [0.29, 0.717) is 0 Å². The van der Waals surface area contributed by atoms with Gasteiger partial charge in [-0.25, -0.2) is 0 Å². The van der Waals surface area contributed by atoms with Crippen molar-refractivity contribution in [1.29, 1.82) is 0 Å². The third-order valence-corrected chi connectivity index (χ3v) is 7.19. The smallest absolute Gasteiger partial charge is 0.246 e. The van der Waals surface area contributed by atoms with Crippen LogP contribution in [-0.4, -0.2) is 38.0 Å². The van der Waals surface area contributed by atoms with Gasteiger partial charge >= 0.3 is 0 Å². The lowest BCUT2D eigenvalue weighted by Crippen LogP contribution is -2.50. The molecule has 0 aliphatic carbocycles. The van der Waals surface area contributed by atoms with E-state index < -0.39 is 6.17 Å². The van der Waals surface area contributed by atoms with Gasteiger partial charge in [0.2, 0.25) is 5.91 Å². The zero-order valence-electron chi connectivity index (χ0n) is 18.6. The van der Waals surface area contributed by atoms with Gasteiger partial charge in [-0.1, -0.05) is 48.5 Å². The Morgan fingerprint density at radius 2 is 1.61 bits per heavy atom. The van der Waals surface area contributed by atoms with Crippen molar-refractivity contribution in [2.24, 2.45) is 0 Å². The predicted octanol–water partition coefficient (Wildman–Crippen LogP) is 4.43. The second-order valence-electron chi connectivity index (χ2n) is 9.12. The van der Waals surface area contributed by atoms with Crippen molar-refractivity contribution in [3.8, 4) is 11.1 Å². The van der Waals surface area contributed by atoms with Crippen LogP contribution >= 0.6 is 0 Å². The largest absolute Gasteiger partial charge is 0.343 e. The molecule has 3 heterocycles. The number of hydrogen-bond donors (Lipinski definition) is 0. The molecule has 1 amide bonds. The van der Waals surface area contributed by atoms with Crippen LogP contribution in [0.5, 0.6) is 0 Å². The molecule has 3 aliphatic heterocycles. The highest BCUT2D eigenvalue weighted by molar-refractivity contribution is 6.01. The number of aryl methyl sites for hydroxylation is 2. The van der Waals surface area contributed by atoms with E-state index in [0.717, 1.165) is 73.2 Å². The summed E-state index contributed by atoms with van der Waals surface area (Å²) in [5, 5.41) is 0. The van der Waals surface area contributed by atoms with Crippen LogP contribution in [0.25, 0.3) is 11.1 Å². The molecule has 5 heteroatoms. The number of benzene rings is 3. The molecule has 5 nitrogen and oxygen atoms in total. The summed E-state index contributed by atoms with van der Waals surface area (Å²) in [7, 11) is 0. The molecule has 0 saturated carbocycles. The summed E-state index contributed by atoms with van der Waals surface area (Å²) in [5.74, 6) is 0.0488. The zero-order valence-corrected chi connectivity index (χ0v) is 18.6. The Kier molecular flexibility index (Phi) is 4.90. The van der Waals surface area contributed by atoms with Crippen molar-refractivity contribution in [3.63, 3.8) is 0 Å². The zero-order chi connectivity index (χ0) is 22.4. The Morgan fingerprint density at radius 1 is 0.848 bits per heavy atom. The molecule has 0 bridgehead atoms. The topological polar surface area (TPSA) is 43.9 Å². The first kappa shape index (κ1) is 20.0. The van der Waals surface area contributed by atoms with Crippen LogP contribution < -0.4 is 14.7 Å². The second-order valence-corrected chi connectivity index (χ2v) is 9.12. The minimum atomic E-state index is -0.436. The van der Waals surface area contributed by atoms with Gasteiger partial charge in [-0.3, -0.25) is 9.59 Å². The maximum absolute atomic E-state index is 13.6. The molecule has 0 spiro atoms. The number of amides is 1. The summed E-state index contributed by atoms with van der Waals surface area (Å²) >= 11 is 0. The first-order valence-electron chi connectivity index (χ1n) is 11.8. The maximum Gasteiger partial charge on any atom is 0.246 e. The molecule has 3 aliphatic rings. The molecule has 33 heavy (non-hydrogen) atoms. The van der Waals surface area contributed by atoms with E-state index in [1.54, 1.807) is 0 Å². The third-order valence-electron chi connectivity index (χ3n) is 7.19. The fraction of sp³-hybridized carbons (Fsp3) is 0.286. The van der Waals surface area contributed by atoms with Crippen molar-refractivity contribution in [1.82, 2.24) is 0 Å². The van der Waals surface area contributed by atoms with Crippen LogP contribution in [0.3, 0.4) is 0 Å². The number of rotatable bonds is 4. The van der Waals surface area contributed by atoms with Crippen LogP contribution in [0.4, 0.5) is 17.1 Å². The quantitative estimate of drug-likeness (QED) is 0.567. The molecule has 3 aromatic carbocycles. The maximum atomic E-state index is 13.6. The highest BCUT2D eigenvalue weighted by atomic mass is 16.2. The van der Waals surface area contributed by atoms with Gasteiger partial charge in [-0.05, 0) is 66.1 Å². The number of nitrogens with zero attached hydrogens (tertiary/aromatic N) is 3. The van der Waals surface area contributed by atoms with Gasteiger partial charge < -0.3 is 14.7 Å². The van der Waals surface area contributed by atoms with E-state index in [-0.39, 0.29) is 12.5 Å². The predicted molar refractivity (Wildman–Crippen MR) is 132 cm³/mol. The summed E-state index contributed by atoms with van der Waals surface area (Å²) in [4.78, 5) is 32.0. The number of carbonyl (C=O) groups excluding carboxylic acids is 2. The Bertz CT molecular complexity index is 1220. The minimum Gasteiger partial charge on any atom is -0.343 e. The molecule has 0 saturated heterocycles. The first-order valence-corrected chi connectivity index (χ1v) is 11.8. The number of para-hydroxylation sites is 1. The fourth-order valence-electron chi connectivity index (χ4n) is 5.69. The molecule has 0 fully saturated rings. The number of fused-ring (bicyclic) bond motifs is 1. The molecular formula is C28H27N3O2. The number of anilines is 3. The summed E-state index contributed by atoms with van der Waals surface area (Å²) in [5.41, 5.74) is 7.92. The molecule has 0 aromatic heterocycles. The van der Waals surface area contributed by atoms with Crippen molar-refractivity contribution in [3.05, 3.63) is 77.9 Å². The number of carbonyl (C=O) groups is 2. The van der Waals surface area contributed by atoms with E-state index in [2.05, 4.69) is 35.2 Å². The lowest BCUT2D eigenvalue weighted by Gasteiger charge is -2.33. The average Bonchev–Trinajstić information content (AvgIpc) is 3.17. The molecule has 166 valence electrons.